The number of hydrogen-bond acceptors (Lipinski definition) is 4. The van der Waals surface area contributed by atoms with Crippen LogP contribution in [0.5, 0.6) is 0 Å². The number of aliphatic carboxylic acids is 1. The molecule has 3 aliphatic carbocycles. The molecule has 0 spiro atoms. The highest BCUT2D eigenvalue weighted by Gasteiger charge is 2.35. The molecule has 0 heterocycles. The molecule has 7 nitrogen and oxygen atoms in total. The highest BCUT2D eigenvalue weighted by Crippen LogP contribution is 2.44. The largest absolute Gasteiger partial charge is 0.481 e. The van der Waals surface area contributed by atoms with Crippen molar-refractivity contribution in [3.8, 4) is 11.1 Å². The lowest BCUT2D eigenvalue weighted by atomic mass is 9.98. The van der Waals surface area contributed by atoms with E-state index in [4.69, 9.17) is 4.74 Å². The van der Waals surface area contributed by atoms with Crippen LogP contribution in [0.15, 0.2) is 48.5 Å². The van der Waals surface area contributed by atoms with Crippen LogP contribution in [0, 0.1) is 11.8 Å². The van der Waals surface area contributed by atoms with E-state index in [0.717, 1.165) is 35.1 Å². The maximum absolute atomic E-state index is 12.9. The van der Waals surface area contributed by atoms with Crippen molar-refractivity contribution in [2.24, 2.45) is 11.8 Å². The highest BCUT2D eigenvalue weighted by atomic mass is 16.5. The molecule has 5 rings (SSSR count). The van der Waals surface area contributed by atoms with E-state index in [1.807, 2.05) is 24.3 Å². The van der Waals surface area contributed by atoms with Gasteiger partial charge in [-0.15, -0.1) is 0 Å². The summed E-state index contributed by atoms with van der Waals surface area (Å²) in [4.78, 5) is 36.9. The molecule has 0 radical (unpaired) electrons. The molecule has 2 aromatic carbocycles. The van der Waals surface area contributed by atoms with Crippen LogP contribution in [0.1, 0.15) is 55.6 Å². The second kappa shape index (κ2) is 9.49. The summed E-state index contributed by atoms with van der Waals surface area (Å²) in [7, 11) is 0. The Labute approximate surface area is 198 Å². The van der Waals surface area contributed by atoms with Gasteiger partial charge in [0, 0.05) is 12.0 Å². The van der Waals surface area contributed by atoms with Gasteiger partial charge in [0.25, 0.3) is 0 Å². The molecule has 3 atom stereocenters. The lowest BCUT2D eigenvalue weighted by molar-refractivity contribution is -0.141. The van der Waals surface area contributed by atoms with Crippen molar-refractivity contribution in [3.05, 3.63) is 59.7 Å². The fraction of sp³-hybridized carbons (Fsp3) is 0.444. The quantitative estimate of drug-likeness (QED) is 0.549. The number of hydrogen-bond donors (Lipinski definition) is 3. The average Bonchev–Trinajstić information content (AvgIpc) is 3.42. The van der Waals surface area contributed by atoms with E-state index in [1.165, 1.54) is 0 Å². The minimum absolute atomic E-state index is 0.0414. The van der Waals surface area contributed by atoms with Crippen molar-refractivity contribution in [2.75, 3.05) is 6.61 Å². The number of alkyl carbamates (subject to hydrolysis) is 1. The minimum atomic E-state index is -0.817. The van der Waals surface area contributed by atoms with Crippen molar-refractivity contribution < 1.29 is 24.2 Å². The molecule has 34 heavy (non-hydrogen) atoms. The van der Waals surface area contributed by atoms with E-state index in [2.05, 4.69) is 34.9 Å². The summed E-state index contributed by atoms with van der Waals surface area (Å²) in [6, 6.07) is 15.5. The first kappa shape index (κ1) is 22.4. The number of rotatable bonds is 8. The fourth-order valence-corrected chi connectivity index (χ4v) is 5.34. The van der Waals surface area contributed by atoms with Gasteiger partial charge in [0.15, 0.2) is 0 Å². The number of nitrogens with one attached hydrogen (secondary N) is 2. The van der Waals surface area contributed by atoms with Crippen molar-refractivity contribution >= 4 is 18.0 Å². The molecular weight excluding hydrogens is 432 g/mol. The molecule has 2 amide bonds. The standard InChI is InChI=1S/C27H30N2O5/c30-25(28-18-12-11-17(14-18)26(31)32)24(13-16-9-10-16)29-27(33)34-15-23-21-7-3-1-5-19(21)20-6-2-4-8-22(20)23/h1-8,16-18,23-24H,9-15H2,(H,28,30)(H,29,33)(H,31,32)/t17-,18+,24?/m0/s1. The third-order valence-corrected chi connectivity index (χ3v) is 7.35. The molecule has 7 heteroatoms. The Morgan fingerprint density at radius 1 is 0.941 bits per heavy atom. The Hall–Kier alpha value is -3.35. The van der Waals surface area contributed by atoms with E-state index >= 15 is 0 Å². The number of fused-ring (bicyclic) bond motifs is 3. The molecule has 0 aliphatic heterocycles. The fourth-order valence-electron chi connectivity index (χ4n) is 5.34. The zero-order chi connectivity index (χ0) is 23.7. The van der Waals surface area contributed by atoms with E-state index in [1.54, 1.807) is 0 Å². The molecule has 178 valence electrons. The number of benzene rings is 2. The van der Waals surface area contributed by atoms with Crippen LogP contribution in [-0.2, 0) is 14.3 Å². The van der Waals surface area contributed by atoms with Crippen molar-refractivity contribution in [1.82, 2.24) is 10.6 Å². The third-order valence-electron chi connectivity index (χ3n) is 7.35. The Bertz CT molecular complexity index is 1050. The zero-order valence-corrected chi connectivity index (χ0v) is 19.0. The van der Waals surface area contributed by atoms with Crippen molar-refractivity contribution in [2.45, 2.75) is 56.5 Å². The molecule has 0 aromatic heterocycles. The summed E-state index contributed by atoms with van der Waals surface area (Å²) in [5, 5.41) is 14.9. The smallest absolute Gasteiger partial charge is 0.407 e. The maximum Gasteiger partial charge on any atom is 0.407 e. The molecule has 3 aliphatic rings. The van der Waals surface area contributed by atoms with E-state index in [-0.39, 0.29) is 24.5 Å². The molecular formula is C27H30N2O5. The van der Waals surface area contributed by atoms with Gasteiger partial charge in [0.2, 0.25) is 5.91 Å². The zero-order valence-electron chi connectivity index (χ0n) is 19.0. The number of ether oxygens (including phenoxy) is 1. The van der Waals surface area contributed by atoms with Crippen LogP contribution >= 0.6 is 0 Å². The van der Waals surface area contributed by atoms with Crippen LogP contribution < -0.4 is 10.6 Å². The number of carbonyl (C=O) groups is 3. The van der Waals surface area contributed by atoms with E-state index in [9.17, 15) is 19.5 Å². The van der Waals surface area contributed by atoms with Gasteiger partial charge < -0.3 is 20.5 Å². The van der Waals surface area contributed by atoms with Gasteiger partial charge in [-0.2, -0.15) is 0 Å². The lowest BCUT2D eigenvalue weighted by Crippen LogP contribution is -2.49. The maximum atomic E-state index is 12.9. The SMILES string of the molecule is O=C(NC(CC1CC1)C(=O)N[C@@H]1CC[C@H](C(=O)O)C1)OCC1c2ccccc2-c2ccccc21. The Morgan fingerprint density at radius 2 is 1.59 bits per heavy atom. The molecule has 0 saturated heterocycles. The predicted molar refractivity (Wildman–Crippen MR) is 126 cm³/mol. The van der Waals surface area contributed by atoms with Crippen LogP contribution in [0.3, 0.4) is 0 Å². The lowest BCUT2D eigenvalue weighted by Gasteiger charge is -2.22. The number of carbonyl (C=O) groups excluding carboxylic acids is 2. The van der Waals surface area contributed by atoms with Crippen LogP contribution in [0.2, 0.25) is 0 Å². The van der Waals surface area contributed by atoms with Gasteiger partial charge in [-0.25, -0.2) is 4.79 Å². The highest BCUT2D eigenvalue weighted by molar-refractivity contribution is 5.86. The summed E-state index contributed by atoms with van der Waals surface area (Å²) < 4.78 is 5.63. The summed E-state index contributed by atoms with van der Waals surface area (Å²) >= 11 is 0. The molecule has 3 N–H and O–H groups in total. The van der Waals surface area contributed by atoms with Crippen LogP contribution in [-0.4, -0.2) is 41.8 Å². The summed E-state index contributed by atoms with van der Waals surface area (Å²) in [5.74, 6) is -1.10. The van der Waals surface area contributed by atoms with Crippen molar-refractivity contribution in [3.63, 3.8) is 0 Å². The van der Waals surface area contributed by atoms with Gasteiger partial charge >= 0.3 is 12.1 Å². The summed E-state index contributed by atoms with van der Waals surface area (Å²) in [6.45, 7) is 0.195. The molecule has 0 bridgehead atoms. The molecule has 2 saturated carbocycles. The number of carboxylic acids is 1. The first-order chi connectivity index (χ1) is 16.5. The molecule has 2 aromatic rings. The molecule has 2 fully saturated rings. The topological polar surface area (TPSA) is 105 Å². The van der Waals surface area contributed by atoms with E-state index < -0.39 is 24.0 Å². The first-order valence-corrected chi connectivity index (χ1v) is 12.1. The Morgan fingerprint density at radius 3 is 2.18 bits per heavy atom. The van der Waals surface area contributed by atoms with Crippen molar-refractivity contribution in [1.29, 1.82) is 0 Å². The normalized spacial score (nSPS) is 21.9. The van der Waals surface area contributed by atoms with E-state index in [0.29, 0.717) is 31.6 Å². The van der Waals surface area contributed by atoms with Gasteiger partial charge in [0.1, 0.15) is 12.6 Å². The van der Waals surface area contributed by atoms with Gasteiger partial charge in [-0.3, -0.25) is 9.59 Å². The summed E-state index contributed by atoms with van der Waals surface area (Å²) in [5.41, 5.74) is 4.60. The summed E-state index contributed by atoms with van der Waals surface area (Å²) in [6.07, 6.45) is 3.73. The molecule has 1 unspecified atom stereocenters. The number of amides is 2. The minimum Gasteiger partial charge on any atom is -0.481 e. The second-order valence-electron chi connectivity index (χ2n) is 9.76. The second-order valence-corrected chi connectivity index (χ2v) is 9.76. The first-order valence-electron chi connectivity index (χ1n) is 12.1. The number of carboxylic acid groups (broad SMARTS) is 1. The van der Waals surface area contributed by atoms with Crippen LogP contribution in [0.4, 0.5) is 4.79 Å². The van der Waals surface area contributed by atoms with Crippen LogP contribution in [0.25, 0.3) is 11.1 Å². The van der Waals surface area contributed by atoms with Gasteiger partial charge in [0.05, 0.1) is 5.92 Å². The Balaban J connectivity index is 1.20. The van der Waals surface area contributed by atoms with Gasteiger partial charge in [-0.05, 0) is 53.9 Å². The predicted octanol–water partition coefficient (Wildman–Crippen LogP) is 4.06. The average molecular weight is 463 g/mol. The monoisotopic (exact) mass is 462 g/mol. The Kier molecular flexibility index (Phi) is 6.26. The third kappa shape index (κ3) is 4.79. The van der Waals surface area contributed by atoms with Gasteiger partial charge in [-0.1, -0.05) is 61.4 Å².